The van der Waals surface area contributed by atoms with E-state index in [4.69, 9.17) is 11.6 Å². The zero-order valence-electron chi connectivity index (χ0n) is 11.4. The van der Waals surface area contributed by atoms with Crippen molar-refractivity contribution < 1.29 is 10.2 Å². The normalized spacial score (nSPS) is 11.6. The Balaban J connectivity index is 2.42. The van der Waals surface area contributed by atoms with E-state index < -0.39 is 5.41 Å². The number of pyridine rings is 1. The third kappa shape index (κ3) is 3.01. The lowest BCUT2D eigenvalue weighted by atomic mass is 9.76. The summed E-state index contributed by atoms with van der Waals surface area (Å²) in [6, 6.07) is 9.65. The predicted octanol–water partition coefficient (Wildman–Crippen LogP) is 2.51. The van der Waals surface area contributed by atoms with Crippen LogP contribution in [0, 0.1) is 6.92 Å². The fraction of sp³-hybridized carbons (Fsp3) is 0.312. The van der Waals surface area contributed by atoms with Crippen LogP contribution in [0.15, 0.2) is 42.7 Å². The zero-order valence-corrected chi connectivity index (χ0v) is 12.1. The van der Waals surface area contributed by atoms with E-state index in [0.29, 0.717) is 11.4 Å². The monoisotopic (exact) mass is 291 g/mol. The van der Waals surface area contributed by atoms with Gasteiger partial charge in [-0.2, -0.15) is 0 Å². The Bertz CT molecular complexity index is 582. The summed E-state index contributed by atoms with van der Waals surface area (Å²) in [5.41, 5.74) is 2.13. The fourth-order valence-electron chi connectivity index (χ4n) is 2.33. The highest BCUT2D eigenvalue weighted by atomic mass is 35.5. The maximum absolute atomic E-state index is 9.85. The average molecular weight is 292 g/mol. The van der Waals surface area contributed by atoms with Gasteiger partial charge in [0.25, 0.3) is 0 Å². The number of aromatic nitrogens is 1. The van der Waals surface area contributed by atoms with Crippen LogP contribution in [0.5, 0.6) is 0 Å². The maximum Gasteiger partial charge on any atom is 0.0621 e. The van der Waals surface area contributed by atoms with Crippen LogP contribution in [0.4, 0.5) is 0 Å². The Labute approximate surface area is 123 Å². The van der Waals surface area contributed by atoms with Gasteiger partial charge in [-0.1, -0.05) is 41.4 Å². The van der Waals surface area contributed by atoms with E-state index in [1.165, 1.54) is 0 Å². The van der Waals surface area contributed by atoms with Crippen LogP contribution in [0.25, 0.3) is 0 Å². The van der Waals surface area contributed by atoms with Gasteiger partial charge in [0, 0.05) is 17.8 Å². The number of rotatable bonds is 5. The van der Waals surface area contributed by atoms with Gasteiger partial charge in [-0.15, -0.1) is 0 Å². The molecule has 0 aliphatic rings. The van der Waals surface area contributed by atoms with Crippen LogP contribution in [0.3, 0.4) is 0 Å². The molecular formula is C16H18ClNO2. The van der Waals surface area contributed by atoms with Gasteiger partial charge in [0.2, 0.25) is 0 Å². The molecule has 0 spiro atoms. The van der Waals surface area contributed by atoms with Crippen molar-refractivity contribution in [3.63, 3.8) is 0 Å². The van der Waals surface area contributed by atoms with E-state index in [9.17, 15) is 10.2 Å². The van der Waals surface area contributed by atoms with Crippen LogP contribution >= 0.6 is 11.6 Å². The standard InChI is InChI=1S/C16H18ClNO2/c1-12-3-2-4-14(7-12)16(10-19,11-20)8-13-5-6-18-9-15(13)17/h2-7,9,19-20H,8,10-11H2,1H3. The zero-order chi connectivity index (χ0) is 14.6. The third-order valence-electron chi connectivity index (χ3n) is 3.62. The molecule has 0 bridgehead atoms. The number of hydrogen-bond acceptors (Lipinski definition) is 3. The summed E-state index contributed by atoms with van der Waals surface area (Å²) in [5.74, 6) is 0. The largest absolute Gasteiger partial charge is 0.395 e. The minimum atomic E-state index is -0.739. The molecule has 0 saturated carbocycles. The first-order chi connectivity index (χ1) is 9.61. The summed E-state index contributed by atoms with van der Waals surface area (Å²) in [5, 5.41) is 20.3. The van der Waals surface area contributed by atoms with E-state index in [2.05, 4.69) is 4.98 Å². The molecule has 0 saturated heterocycles. The SMILES string of the molecule is Cc1cccc(C(CO)(CO)Cc2ccncc2Cl)c1. The molecule has 3 nitrogen and oxygen atoms in total. The molecule has 4 heteroatoms. The Hall–Kier alpha value is -1.42. The molecular weight excluding hydrogens is 274 g/mol. The smallest absolute Gasteiger partial charge is 0.0621 e. The molecule has 106 valence electrons. The quantitative estimate of drug-likeness (QED) is 0.890. The number of halogens is 1. The Morgan fingerprint density at radius 1 is 1.20 bits per heavy atom. The van der Waals surface area contributed by atoms with Crippen LogP contribution in [-0.4, -0.2) is 28.4 Å². The lowest BCUT2D eigenvalue weighted by Crippen LogP contribution is -2.37. The van der Waals surface area contributed by atoms with Gasteiger partial charge in [0.1, 0.15) is 0 Å². The molecule has 0 unspecified atom stereocenters. The second kappa shape index (κ2) is 6.35. The average Bonchev–Trinajstić information content (AvgIpc) is 2.47. The third-order valence-corrected chi connectivity index (χ3v) is 3.96. The van der Waals surface area contributed by atoms with Crippen molar-refractivity contribution in [3.8, 4) is 0 Å². The van der Waals surface area contributed by atoms with Crippen molar-refractivity contribution in [1.82, 2.24) is 4.98 Å². The first kappa shape index (κ1) is 15.0. The number of nitrogens with zero attached hydrogens (tertiary/aromatic N) is 1. The highest BCUT2D eigenvalue weighted by molar-refractivity contribution is 6.31. The van der Waals surface area contributed by atoms with Crippen molar-refractivity contribution in [2.45, 2.75) is 18.8 Å². The van der Waals surface area contributed by atoms with E-state index in [1.807, 2.05) is 37.3 Å². The van der Waals surface area contributed by atoms with Crippen molar-refractivity contribution in [2.75, 3.05) is 13.2 Å². The first-order valence-electron chi connectivity index (χ1n) is 6.48. The molecule has 0 aliphatic heterocycles. The van der Waals surface area contributed by atoms with E-state index in [0.717, 1.165) is 16.7 Å². The van der Waals surface area contributed by atoms with Gasteiger partial charge in [-0.3, -0.25) is 4.98 Å². The van der Waals surface area contributed by atoms with Crippen LogP contribution in [0.1, 0.15) is 16.7 Å². The van der Waals surface area contributed by atoms with E-state index in [-0.39, 0.29) is 13.2 Å². The summed E-state index contributed by atoms with van der Waals surface area (Å²) in [7, 11) is 0. The molecule has 0 aliphatic carbocycles. The topological polar surface area (TPSA) is 53.4 Å². The highest BCUT2D eigenvalue weighted by Crippen LogP contribution is 2.30. The summed E-state index contributed by atoms with van der Waals surface area (Å²) >= 11 is 6.14. The van der Waals surface area contributed by atoms with Gasteiger partial charge in [0.05, 0.1) is 18.2 Å². The Morgan fingerprint density at radius 3 is 2.55 bits per heavy atom. The summed E-state index contributed by atoms with van der Waals surface area (Å²) in [6.45, 7) is 1.69. The lowest BCUT2D eigenvalue weighted by molar-refractivity contribution is 0.116. The molecule has 0 amide bonds. The van der Waals surface area contributed by atoms with Gasteiger partial charge < -0.3 is 10.2 Å². The highest BCUT2D eigenvalue weighted by Gasteiger charge is 2.32. The van der Waals surface area contributed by atoms with Gasteiger partial charge >= 0.3 is 0 Å². The summed E-state index contributed by atoms with van der Waals surface area (Å²) in [6.07, 6.45) is 3.70. The second-order valence-electron chi connectivity index (χ2n) is 5.11. The van der Waals surface area contributed by atoms with E-state index in [1.54, 1.807) is 12.4 Å². The molecule has 1 aromatic carbocycles. The van der Waals surface area contributed by atoms with E-state index >= 15 is 0 Å². The van der Waals surface area contributed by atoms with Crippen molar-refractivity contribution in [3.05, 3.63) is 64.4 Å². The fourth-order valence-corrected chi connectivity index (χ4v) is 2.52. The number of aryl methyl sites for hydroxylation is 1. The second-order valence-corrected chi connectivity index (χ2v) is 5.52. The molecule has 0 fully saturated rings. The number of benzene rings is 1. The maximum atomic E-state index is 9.85. The molecule has 0 radical (unpaired) electrons. The summed E-state index contributed by atoms with van der Waals surface area (Å²) in [4.78, 5) is 3.96. The number of hydrogen-bond donors (Lipinski definition) is 2. The van der Waals surface area contributed by atoms with Crippen LogP contribution in [-0.2, 0) is 11.8 Å². The predicted molar refractivity (Wildman–Crippen MR) is 80.0 cm³/mol. The molecule has 0 atom stereocenters. The molecule has 2 aromatic rings. The lowest BCUT2D eigenvalue weighted by Gasteiger charge is -2.31. The minimum Gasteiger partial charge on any atom is -0.395 e. The van der Waals surface area contributed by atoms with Crippen LogP contribution in [0.2, 0.25) is 5.02 Å². The molecule has 2 rings (SSSR count). The summed E-state index contributed by atoms with van der Waals surface area (Å²) < 4.78 is 0. The Morgan fingerprint density at radius 2 is 1.95 bits per heavy atom. The Kier molecular flexibility index (Phi) is 4.76. The van der Waals surface area contributed by atoms with Gasteiger partial charge in [-0.05, 0) is 30.5 Å². The molecule has 20 heavy (non-hydrogen) atoms. The van der Waals surface area contributed by atoms with Crippen molar-refractivity contribution >= 4 is 11.6 Å². The molecule has 1 aromatic heterocycles. The van der Waals surface area contributed by atoms with Crippen molar-refractivity contribution in [1.29, 1.82) is 0 Å². The number of aliphatic hydroxyl groups excluding tert-OH is 2. The number of aliphatic hydroxyl groups is 2. The first-order valence-corrected chi connectivity index (χ1v) is 6.86. The van der Waals surface area contributed by atoms with Gasteiger partial charge in [0.15, 0.2) is 0 Å². The molecule has 1 heterocycles. The van der Waals surface area contributed by atoms with Crippen molar-refractivity contribution in [2.24, 2.45) is 0 Å². The van der Waals surface area contributed by atoms with Crippen LogP contribution < -0.4 is 0 Å². The minimum absolute atomic E-state index is 0.147. The van der Waals surface area contributed by atoms with Gasteiger partial charge in [-0.25, -0.2) is 0 Å². The molecule has 2 N–H and O–H groups in total.